The van der Waals surface area contributed by atoms with E-state index in [0.29, 0.717) is 0 Å². The fourth-order valence-electron chi connectivity index (χ4n) is 1.18. The van der Waals surface area contributed by atoms with Crippen molar-refractivity contribution in [2.24, 2.45) is 0 Å². The highest BCUT2D eigenvalue weighted by Crippen LogP contribution is 2.29. The summed E-state index contributed by atoms with van der Waals surface area (Å²) >= 11 is 0. The molecular formula is C11H12F3NO2. The maximum absolute atomic E-state index is 12.4. The Hall–Kier alpha value is -1.56. The molecule has 6 heteroatoms. The van der Waals surface area contributed by atoms with E-state index in [4.69, 9.17) is 5.11 Å². The van der Waals surface area contributed by atoms with Gasteiger partial charge in [0.25, 0.3) is 5.91 Å². The van der Waals surface area contributed by atoms with Crippen molar-refractivity contribution >= 4 is 5.91 Å². The van der Waals surface area contributed by atoms with E-state index in [2.05, 4.69) is 5.32 Å². The molecule has 17 heavy (non-hydrogen) atoms. The Balaban J connectivity index is 2.81. The van der Waals surface area contributed by atoms with Crippen LogP contribution in [-0.2, 0) is 6.18 Å². The molecule has 94 valence electrons. The van der Waals surface area contributed by atoms with Gasteiger partial charge in [-0.2, -0.15) is 13.2 Å². The number of carbonyl (C=O) groups excluding carboxylic acids is 1. The third-order valence-corrected chi connectivity index (χ3v) is 2.01. The maximum Gasteiger partial charge on any atom is 0.416 e. The number of nitrogens with one attached hydrogen (secondary N) is 1. The number of carbonyl (C=O) groups is 1. The van der Waals surface area contributed by atoms with Gasteiger partial charge in [0, 0.05) is 12.1 Å². The molecule has 1 rings (SSSR count). The van der Waals surface area contributed by atoms with Gasteiger partial charge in [0.05, 0.1) is 11.7 Å². The molecule has 0 aliphatic carbocycles. The molecule has 0 bridgehead atoms. The molecule has 0 spiro atoms. The lowest BCUT2D eigenvalue weighted by molar-refractivity contribution is -0.137. The van der Waals surface area contributed by atoms with Crippen molar-refractivity contribution in [2.45, 2.75) is 19.2 Å². The summed E-state index contributed by atoms with van der Waals surface area (Å²) in [7, 11) is 0. The van der Waals surface area contributed by atoms with Gasteiger partial charge in [-0.1, -0.05) is 6.07 Å². The van der Waals surface area contributed by atoms with Crippen molar-refractivity contribution in [3.8, 4) is 0 Å². The van der Waals surface area contributed by atoms with Gasteiger partial charge >= 0.3 is 6.18 Å². The van der Waals surface area contributed by atoms with Crippen molar-refractivity contribution in [2.75, 3.05) is 6.54 Å². The monoisotopic (exact) mass is 247 g/mol. The molecule has 0 saturated heterocycles. The van der Waals surface area contributed by atoms with Crippen molar-refractivity contribution in [3.05, 3.63) is 35.4 Å². The molecule has 3 nitrogen and oxygen atoms in total. The lowest BCUT2D eigenvalue weighted by Crippen LogP contribution is -2.30. The van der Waals surface area contributed by atoms with Crippen LogP contribution in [0.1, 0.15) is 22.8 Å². The van der Waals surface area contributed by atoms with E-state index in [9.17, 15) is 18.0 Å². The summed E-state index contributed by atoms with van der Waals surface area (Å²) in [5.41, 5.74) is -0.956. The predicted octanol–water partition coefficient (Wildman–Crippen LogP) is 1.82. The fourth-order valence-corrected chi connectivity index (χ4v) is 1.18. The summed E-state index contributed by atoms with van der Waals surface area (Å²) in [6.45, 7) is 1.46. The van der Waals surface area contributed by atoms with Gasteiger partial charge in [0.1, 0.15) is 0 Å². The van der Waals surface area contributed by atoms with E-state index >= 15 is 0 Å². The van der Waals surface area contributed by atoms with Gasteiger partial charge in [-0.15, -0.1) is 0 Å². The minimum absolute atomic E-state index is 0.00488. The second kappa shape index (κ2) is 5.18. The number of alkyl halides is 3. The highest BCUT2D eigenvalue weighted by atomic mass is 19.4. The zero-order chi connectivity index (χ0) is 13.1. The van der Waals surface area contributed by atoms with Crippen LogP contribution in [-0.4, -0.2) is 23.7 Å². The van der Waals surface area contributed by atoms with Crippen LogP contribution in [0.5, 0.6) is 0 Å². The first kappa shape index (κ1) is 13.5. The van der Waals surface area contributed by atoms with Gasteiger partial charge in [-0.05, 0) is 25.1 Å². The first-order valence-electron chi connectivity index (χ1n) is 4.94. The highest BCUT2D eigenvalue weighted by Gasteiger charge is 2.30. The van der Waals surface area contributed by atoms with Crippen molar-refractivity contribution < 1.29 is 23.1 Å². The SMILES string of the molecule is CC(O)CNC(=O)c1cccc(C(F)(F)F)c1. The number of halogens is 3. The third kappa shape index (κ3) is 4.07. The van der Waals surface area contributed by atoms with E-state index in [1.165, 1.54) is 19.1 Å². The van der Waals surface area contributed by atoms with E-state index in [1.54, 1.807) is 0 Å². The number of rotatable bonds is 3. The number of hydrogen-bond acceptors (Lipinski definition) is 2. The van der Waals surface area contributed by atoms with Crippen LogP contribution < -0.4 is 5.32 Å². The smallest absolute Gasteiger partial charge is 0.392 e. The van der Waals surface area contributed by atoms with E-state index in [0.717, 1.165) is 12.1 Å². The molecule has 1 aromatic carbocycles. The lowest BCUT2D eigenvalue weighted by Gasteiger charge is -2.10. The Kier molecular flexibility index (Phi) is 4.11. The first-order valence-corrected chi connectivity index (χ1v) is 4.94. The van der Waals surface area contributed by atoms with Crippen LogP contribution in [0, 0.1) is 0 Å². The molecule has 0 fully saturated rings. The van der Waals surface area contributed by atoms with Gasteiger partial charge in [-0.25, -0.2) is 0 Å². The van der Waals surface area contributed by atoms with E-state index < -0.39 is 23.8 Å². The predicted molar refractivity (Wildman–Crippen MR) is 55.5 cm³/mol. The number of hydrogen-bond donors (Lipinski definition) is 2. The average molecular weight is 247 g/mol. The van der Waals surface area contributed by atoms with Crippen molar-refractivity contribution in [1.82, 2.24) is 5.32 Å². The van der Waals surface area contributed by atoms with Crippen LogP contribution in [0.2, 0.25) is 0 Å². The Bertz CT molecular complexity index is 402. The van der Waals surface area contributed by atoms with Crippen molar-refractivity contribution in [3.63, 3.8) is 0 Å². The second-order valence-electron chi connectivity index (χ2n) is 3.64. The fraction of sp³-hybridized carbons (Fsp3) is 0.364. The second-order valence-corrected chi connectivity index (χ2v) is 3.64. The largest absolute Gasteiger partial charge is 0.416 e. The molecule has 0 aliphatic heterocycles. The molecule has 1 atom stereocenters. The van der Waals surface area contributed by atoms with E-state index in [1.807, 2.05) is 0 Å². The third-order valence-electron chi connectivity index (χ3n) is 2.01. The van der Waals surface area contributed by atoms with Gasteiger partial charge in [0.15, 0.2) is 0 Å². The molecule has 0 radical (unpaired) electrons. The minimum atomic E-state index is -4.47. The van der Waals surface area contributed by atoms with Gasteiger partial charge < -0.3 is 10.4 Å². The lowest BCUT2D eigenvalue weighted by atomic mass is 10.1. The van der Waals surface area contributed by atoms with Crippen LogP contribution in [0.15, 0.2) is 24.3 Å². The topological polar surface area (TPSA) is 49.3 Å². The summed E-state index contributed by atoms with van der Waals surface area (Å²) in [5, 5.41) is 11.3. The molecule has 0 aromatic heterocycles. The molecule has 0 aliphatic rings. The molecule has 1 amide bonds. The molecule has 0 saturated carbocycles. The Morgan fingerprint density at radius 3 is 2.65 bits per heavy atom. The number of benzene rings is 1. The number of aliphatic hydroxyl groups excluding tert-OH is 1. The van der Waals surface area contributed by atoms with Crippen LogP contribution in [0.3, 0.4) is 0 Å². The summed E-state index contributed by atoms with van der Waals surface area (Å²) < 4.78 is 37.1. The minimum Gasteiger partial charge on any atom is -0.392 e. The zero-order valence-corrected chi connectivity index (χ0v) is 9.08. The summed E-state index contributed by atoms with van der Waals surface area (Å²) in [6, 6.07) is 4.12. The van der Waals surface area contributed by atoms with Gasteiger partial charge in [0.2, 0.25) is 0 Å². The number of amides is 1. The van der Waals surface area contributed by atoms with Crippen LogP contribution >= 0.6 is 0 Å². The summed E-state index contributed by atoms with van der Waals surface area (Å²) in [6.07, 6.45) is -5.22. The Morgan fingerprint density at radius 1 is 1.47 bits per heavy atom. The van der Waals surface area contributed by atoms with Crippen molar-refractivity contribution in [1.29, 1.82) is 0 Å². The van der Waals surface area contributed by atoms with Crippen LogP contribution in [0.4, 0.5) is 13.2 Å². The summed E-state index contributed by atoms with van der Waals surface area (Å²) in [5.74, 6) is -0.642. The van der Waals surface area contributed by atoms with Gasteiger partial charge in [-0.3, -0.25) is 4.79 Å². The molecule has 0 heterocycles. The molecular weight excluding hydrogens is 235 g/mol. The maximum atomic E-state index is 12.4. The Labute approximate surface area is 96.3 Å². The standard InChI is InChI=1S/C11H12F3NO2/c1-7(16)6-15-10(17)8-3-2-4-9(5-8)11(12,13)14/h2-5,7,16H,6H2,1H3,(H,15,17). The normalized spacial score (nSPS) is 13.2. The number of aliphatic hydroxyl groups is 1. The van der Waals surface area contributed by atoms with Crippen LogP contribution in [0.25, 0.3) is 0 Å². The molecule has 1 unspecified atom stereocenters. The van der Waals surface area contributed by atoms with E-state index in [-0.39, 0.29) is 12.1 Å². The highest BCUT2D eigenvalue weighted by molar-refractivity contribution is 5.94. The average Bonchev–Trinajstić information content (AvgIpc) is 2.25. The zero-order valence-electron chi connectivity index (χ0n) is 9.08. The first-order chi connectivity index (χ1) is 7.80. The molecule has 1 aromatic rings. The molecule has 2 N–H and O–H groups in total. The summed E-state index contributed by atoms with van der Waals surface area (Å²) in [4.78, 5) is 11.4. The quantitative estimate of drug-likeness (QED) is 0.855. The Morgan fingerprint density at radius 2 is 2.12 bits per heavy atom.